The Morgan fingerprint density at radius 1 is 0.818 bits per heavy atom. The Labute approximate surface area is 200 Å². The average Bonchev–Trinajstić information content (AvgIpc) is 3.20. The Bertz CT molecular complexity index is 1420. The number of aliphatic imine (C=N–C) groups is 1. The van der Waals surface area contributed by atoms with Crippen molar-refractivity contribution in [1.82, 2.24) is 0 Å². The van der Waals surface area contributed by atoms with E-state index in [-0.39, 0.29) is 11.8 Å². The van der Waals surface area contributed by atoms with Crippen LogP contribution in [0.15, 0.2) is 112 Å². The molecule has 0 saturated heterocycles. The van der Waals surface area contributed by atoms with E-state index < -0.39 is 5.92 Å². The molecular formula is C28H20BrN3O. The topological polar surface area (TPSA) is 45.0 Å². The number of anilines is 1. The van der Waals surface area contributed by atoms with Gasteiger partial charge in [-0.15, -0.1) is 5.10 Å². The third-order valence-corrected chi connectivity index (χ3v) is 6.95. The maximum Gasteiger partial charge on any atom is 0.258 e. The number of halogens is 1. The van der Waals surface area contributed by atoms with Gasteiger partial charge in [-0.1, -0.05) is 88.7 Å². The zero-order valence-electron chi connectivity index (χ0n) is 17.7. The highest BCUT2D eigenvalue weighted by molar-refractivity contribution is 9.10. The van der Waals surface area contributed by atoms with Crippen LogP contribution in [0, 0.1) is 5.92 Å². The second-order valence-electron chi connectivity index (χ2n) is 8.37. The number of amidine groups is 1. The SMILES string of the molecule is O=C1C2C(=NN1c1ccccc1)N=C(c1cccc3ccccc13)CC2c1ccc(Br)cc1. The molecule has 0 radical (unpaired) electrons. The lowest BCUT2D eigenvalue weighted by Crippen LogP contribution is -2.35. The van der Waals surface area contributed by atoms with E-state index in [1.54, 1.807) is 0 Å². The fourth-order valence-corrected chi connectivity index (χ4v) is 5.10. The minimum absolute atomic E-state index is 0.0233. The number of para-hydroxylation sites is 1. The molecule has 2 unspecified atom stereocenters. The highest BCUT2D eigenvalue weighted by Crippen LogP contribution is 2.41. The monoisotopic (exact) mass is 493 g/mol. The Morgan fingerprint density at radius 3 is 2.36 bits per heavy atom. The summed E-state index contributed by atoms with van der Waals surface area (Å²) in [6, 6.07) is 32.5. The van der Waals surface area contributed by atoms with Crippen LogP contribution in [0.1, 0.15) is 23.5 Å². The number of fused-ring (bicyclic) bond motifs is 2. The molecule has 0 N–H and O–H groups in total. The second-order valence-corrected chi connectivity index (χ2v) is 9.28. The molecule has 0 spiro atoms. The van der Waals surface area contributed by atoms with Crippen molar-refractivity contribution in [1.29, 1.82) is 0 Å². The lowest BCUT2D eigenvalue weighted by Gasteiger charge is -2.28. The number of hydrogen-bond donors (Lipinski definition) is 0. The van der Waals surface area contributed by atoms with E-state index >= 15 is 0 Å². The summed E-state index contributed by atoms with van der Waals surface area (Å²) in [5, 5.41) is 8.57. The maximum atomic E-state index is 13.6. The molecular weight excluding hydrogens is 474 g/mol. The predicted molar refractivity (Wildman–Crippen MR) is 137 cm³/mol. The predicted octanol–water partition coefficient (Wildman–Crippen LogP) is 6.56. The number of amides is 1. The molecule has 0 saturated carbocycles. The van der Waals surface area contributed by atoms with Crippen molar-refractivity contribution in [3.63, 3.8) is 0 Å². The summed E-state index contributed by atoms with van der Waals surface area (Å²) in [7, 11) is 0. The van der Waals surface area contributed by atoms with Gasteiger partial charge in [0.25, 0.3) is 5.91 Å². The van der Waals surface area contributed by atoms with E-state index in [4.69, 9.17) is 10.1 Å². The van der Waals surface area contributed by atoms with Crippen molar-refractivity contribution in [2.24, 2.45) is 16.0 Å². The van der Waals surface area contributed by atoms with Crippen LogP contribution in [0.5, 0.6) is 0 Å². The zero-order valence-corrected chi connectivity index (χ0v) is 19.3. The number of hydrazone groups is 1. The Kier molecular flexibility index (Phi) is 4.92. The molecule has 2 atom stereocenters. The minimum Gasteiger partial charge on any atom is -0.272 e. The van der Waals surface area contributed by atoms with E-state index in [1.165, 1.54) is 10.4 Å². The standard InChI is InChI=1S/C28H20BrN3O/c29-20-15-13-19(14-16-20)24-17-25(23-12-6-8-18-7-4-5-11-22(18)23)30-27-26(24)28(33)32(31-27)21-9-2-1-3-10-21/h1-16,24,26H,17H2. The Balaban J connectivity index is 1.51. The molecule has 1 amide bonds. The van der Waals surface area contributed by atoms with Gasteiger partial charge >= 0.3 is 0 Å². The van der Waals surface area contributed by atoms with Gasteiger partial charge in [0.2, 0.25) is 0 Å². The highest BCUT2D eigenvalue weighted by Gasteiger charge is 2.45. The fourth-order valence-electron chi connectivity index (χ4n) is 4.83. The molecule has 0 fully saturated rings. The van der Waals surface area contributed by atoms with Crippen molar-refractivity contribution in [2.75, 3.05) is 5.01 Å². The van der Waals surface area contributed by atoms with E-state index in [2.05, 4.69) is 64.5 Å². The average molecular weight is 494 g/mol. The van der Waals surface area contributed by atoms with E-state index in [1.807, 2.05) is 48.5 Å². The van der Waals surface area contributed by atoms with Crippen LogP contribution in [-0.2, 0) is 4.79 Å². The first-order valence-corrected chi connectivity index (χ1v) is 11.8. The number of benzene rings is 4. The van der Waals surface area contributed by atoms with Crippen LogP contribution in [0.4, 0.5) is 5.69 Å². The molecule has 2 aliphatic heterocycles. The molecule has 0 aliphatic carbocycles. The number of nitrogens with zero attached hydrogens (tertiary/aromatic N) is 3. The van der Waals surface area contributed by atoms with E-state index in [9.17, 15) is 4.79 Å². The molecule has 0 aromatic heterocycles. The molecule has 33 heavy (non-hydrogen) atoms. The highest BCUT2D eigenvalue weighted by atomic mass is 79.9. The number of carbonyl (C=O) groups excluding carboxylic acids is 1. The van der Waals surface area contributed by atoms with Gasteiger partial charge in [0.05, 0.1) is 11.4 Å². The number of hydrogen-bond acceptors (Lipinski definition) is 3. The van der Waals surface area contributed by atoms with Gasteiger partial charge in [0.15, 0.2) is 5.84 Å². The van der Waals surface area contributed by atoms with Crippen molar-refractivity contribution >= 4 is 49.8 Å². The molecule has 2 aliphatic rings. The number of carbonyl (C=O) groups is 1. The molecule has 5 heteroatoms. The van der Waals surface area contributed by atoms with Gasteiger partial charge in [-0.3, -0.25) is 4.79 Å². The molecule has 160 valence electrons. The first-order valence-electron chi connectivity index (χ1n) is 11.0. The zero-order chi connectivity index (χ0) is 22.4. The summed E-state index contributed by atoms with van der Waals surface area (Å²) >= 11 is 3.53. The van der Waals surface area contributed by atoms with Crippen LogP contribution in [0.2, 0.25) is 0 Å². The van der Waals surface area contributed by atoms with Crippen LogP contribution in [0.25, 0.3) is 10.8 Å². The van der Waals surface area contributed by atoms with Crippen LogP contribution in [0.3, 0.4) is 0 Å². The van der Waals surface area contributed by atoms with Gasteiger partial charge in [-0.25, -0.2) is 4.99 Å². The van der Waals surface area contributed by atoms with Crippen molar-refractivity contribution in [3.8, 4) is 0 Å². The molecule has 4 nitrogen and oxygen atoms in total. The largest absolute Gasteiger partial charge is 0.272 e. The molecule has 2 heterocycles. The molecule has 4 aromatic rings. The quantitative estimate of drug-likeness (QED) is 0.318. The summed E-state index contributed by atoms with van der Waals surface area (Å²) < 4.78 is 1.02. The fraction of sp³-hybridized carbons (Fsp3) is 0.107. The molecule has 4 aromatic carbocycles. The van der Waals surface area contributed by atoms with Gasteiger partial charge < -0.3 is 0 Å². The van der Waals surface area contributed by atoms with Crippen LogP contribution < -0.4 is 5.01 Å². The van der Waals surface area contributed by atoms with Gasteiger partial charge in [0, 0.05) is 16.0 Å². The first-order chi connectivity index (χ1) is 16.2. The van der Waals surface area contributed by atoms with Gasteiger partial charge in [0.1, 0.15) is 5.92 Å². The van der Waals surface area contributed by atoms with Crippen LogP contribution >= 0.6 is 15.9 Å². The second kappa shape index (κ2) is 8.09. The third kappa shape index (κ3) is 3.49. The summed E-state index contributed by atoms with van der Waals surface area (Å²) in [4.78, 5) is 18.6. The van der Waals surface area contributed by atoms with Gasteiger partial charge in [-0.05, 0) is 47.0 Å². The Hall–Kier alpha value is -3.57. The third-order valence-electron chi connectivity index (χ3n) is 6.42. The van der Waals surface area contributed by atoms with Crippen molar-refractivity contribution in [2.45, 2.75) is 12.3 Å². The Morgan fingerprint density at radius 2 is 1.55 bits per heavy atom. The summed E-state index contributed by atoms with van der Waals surface area (Å²) in [5.74, 6) is 0.130. The summed E-state index contributed by atoms with van der Waals surface area (Å²) in [5.41, 5.74) is 3.95. The van der Waals surface area contributed by atoms with Crippen molar-refractivity contribution in [3.05, 3.63) is 113 Å². The first kappa shape index (κ1) is 20.1. The molecule has 0 bridgehead atoms. The van der Waals surface area contributed by atoms with E-state index in [0.717, 1.165) is 32.4 Å². The van der Waals surface area contributed by atoms with Crippen molar-refractivity contribution < 1.29 is 4.79 Å². The lowest BCUT2D eigenvalue weighted by molar-refractivity contribution is -0.120. The molecule has 6 rings (SSSR count). The minimum atomic E-state index is -0.398. The lowest BCUT2D eigenvalue weighted by atomic mass is 9.77. The van der Waals surface area contributed by atoms with E-state index in [0.29, 0.717) is 12.3 Å². The smallest absolute Gasteiger partial charge is 0.258 e. The summed E-state index contributed by atoms with van der Waals surface area (Å²) in [6.45, 7) is 0. The van der Waals surface area contributed by atoms with Crippen LogP contribution in [-0.4, -0.2) is 17.5 Å². The normalized spacial score (nSPS) is 19.9. The number of rotatable bonds is 3. The van der Waals surface area contributed by atoms with Gasteiger partial charge in [-0.2, -0.15) is 5.01 Å². The summed E-state index contributed by atoms with van der Waals surface area (Å²) in [6.07, 6.45) is 0.674. The maximum absolute atomic E-state index is 13.6.